The van der Waals surface area contributed by atoms with E-state index in [9.17, 15) is 4.79 Å². The van der Waals surface area contributed by atoms with Crippen molar-refractivity contribution in [3.63, 3.8) is 0 Å². The van der Waals surface area contributed by atoms with E-state index in [2.05, 4.69) is 10.9 Å². The molecule has 0 aromatic heterocycles. The van der Waals surface area contributed by atoms with Crippen LogP contribution < -0.4 is 10.9 Å². The lowest BCUT2D eigenvalue weighted by Crippen LogP contribution is -2.50. The third-order valence-electron chi connectivity index (χ3n) is 3.16. The van der Waals surface area contributed by atoms with Crippen molar-refractivity contribution in [2.45, 2.75) is 51.7 Å². The maximum absolute atomic E-state index is 12.3. The zero-order valence-corrected chi connectivity index (χ0v) is 11.9. The number of likely N-dealkylation sites (tertiary alicyclic amines) is 1. The Morgan fingerprint density at radius 1 is 1.42 bits per heavy atom. The molecule has 19 heavy (non-hydrogen) atoms. The molecule has 1 amide bonds. The first-order valence-corrected chi connectivity index (χ1v) is 6.85. The van der Waals surface area contributed by atoms with Gasteiger partial charge in [0.25, 0.3) is 0 Å². The zero-order valence-electron chi connectivity index (χ0n) is 11.9. The highest BCUT2D eigenvalue weighted by atomic mass is 16.6. The molecule has 2 rings (SSSR count). The standard InChI is InChI=1S/C14H23N3O2/c1-14(2,3)19-13(18)17-10-5-4-8-12(17)11-7-6-9-15-16-11/h6-7,9,12,15-16H,4-5,8,10H2,1-3H3. The van der Waals surface area contributed by atoms with E-state index in [1.54, 1.807) is 0 Å². The van der Waals surface area contributed by atoms with Crippen molar-refractivity contribution in [1.29, 1.82) is 0 Å². The van der Waals surface area contributed by atoms with E-state index in [1.807, 2.05) is 44.0 Å². The van der Waals surface area contributed by atoms with Crippen LogP contribution in [-0.2, 0) is 4.74 Å². The molecule has 2 aliphatic heterocycles. The molecule has 0 radical (unpaired) electrons. The Bertz CT molecular complexity index is 396. The molecule has 0 aliphatic carbocycles. The number of piperidine rings is 1. The van der Waals surface area contributed by atoms with Crippen molar-refractivity contribution in [3.8, 4) is 0 Å². The van der Waals surface area contributed by atoms with Gasteiger partial charge in [0.05, 0.1) is 11.7 Å². The molecule has 2 aliphatic rings. The summed E-state index contributed by atoms with van der Waals surface area (Å²) in [5.41, 5.74) is 6.64. The molecule has 0 bridgehead atoms. The predicted octanol–water partition coefficient (Wildman–Crippen LogP) is 2.28. The van der Waals surface area contributed by atoms with Crippen LogP contribution in [0, 0.1) is 0 Å². The SMILES string of the molecule is CC(C)(C)OC(=O)N1CCCCC1C1=CC=CNN1. The van der Waals surface area contributed by atoms with Gasteiger partial charge in [-0.15, -0.1) is 0 Å². The number of carbonyl (C=O) groups excluding carboxylic acids is 1. The Hall–Kier alpha value is -1.65. The monoisotopic (exact) mass is 265 g/mol. The molecule has 0 aromatic carbocycles. The summed E-state index contributed by atoms with van der Waals surface area (Å²) in [6, 6.07) is 0.0704. The molecule has 5 nitrogen and oxygen atoms in total. The summed E-state index contributed by atoms with van der Waals surface area (Å²) in [4.78, 5) is 14.1. The first kappa shape index (κ1) is 13.8. The summed E-state index contributed by atoms with van der Waals surface area (Å²) < 4.78 is 5.49. The summed E-state index contributed by atoms with van der Waals surface area (Å²) in [6.45, 7) is 6.44. The van der Waals surface area contributed by atoms with Crippen LogP contribution in [0.2, 0.25) is 0 Å². The first-order chi connectivity index (χ1) is 8.97. The summed E-state index contributed by atoms with van der Waals surface area (Å²) in [5.74, 6) is 0. The van der Waals surface area contributed by atoms with E-state index in [4.69, 9.17) is 4.74 Å². The highest BCUT2D eigenvalue weighted by molar-refractivity contribution is 5.69. The summed E-state index contributed by atoms with van der Waals surface area (Å²) in [6.07, 6.45) is 8.67. The van der Waals surface area contributed by atoms with Crippen molar-refractivity contribution in [1.82, 2.24) is 15.8 Å². The maximum atomic E-state index is 12.3. The van der Waals surface area contributed by atoms with Crippen LogP contribution in [0.5, 0.6) is 0 Å². The smallest absolute Gasteiger partial charge is 0.410 e. The lowest BCUT2D eigenvalue weighted by Gasteiger charge is -2.38. The fourth-order valence-electron chi connectivity index (χ4n) is 2.35. The predicted molar refractivity (Wildman–Crippen MR) is 74.1 cm³/mol. The van der Waals surface area contributed by atoms with Gasteiger partial charge in [-0.05, 0) is 52.2 Å². The molecule has 1 atom stereocenters. The molecular weight excluding hydrogens is 242 g/mol. The Kier molecular flexibility index (Phi) is 4.02. The second-order valence-corrected chi connectivity index (χ2v) is 5.94. The Balaban J connectivity index is 2.09. The Labute approximate surface area is 114 Å². The van der Waals surface area contributed by atoms with Crippen LogP contribution >= 0.6 is 0 Å². The number of carbonyl (C=O) groups is 1. The van der Waals surface area contributed by atoms with Gasteiger partial charge < -0.3 is 15.6 Å². The third kappa shape index (κ3) is 3.66. The fourth-order valence-corrected chi connectivity index (χ4v) is 2.35. The Morgan fingerprint density at radius 2 is 2.21 bits per heavy atom. The number of hydrogen-bond acceptors (Lipinski definition) is 4. The number of nitrogens with zero attached hydrogens (tertiary/aromatic N) is 1. The van der Waals surface area contributed by atoms with Crippen LogP contribution in [0.1, 0.15) is 40.0 Å². The van der Waals surface area contributed by atoms with Crippen LogP contribution in [0.3, 0.4) is 0 Å². The molecule has 1 fully saturated rings. The van der Waals surface area contributed by atoms with E-state index in [0.717, 1.165) is 31.5 Å². The molecule has 1 unspecified atom stereocenters. The molecule has 106 valence electrons. The number of amides is 1. The quantitative estimate of drug-likeness (QED) is 0.763. The molecule has 0 spiro atoms. The molecule has 0 saturated carbocycles. The Morgan fingerprint density at radius 3 is 2.84 bits per heavy atom. The van der Waals surface area contributed by atoms with Gasteiger partial charge in [-0.3, -0.25) is 4.90 Å². The van der Waals surface area contributed by atoms with Crippen LogP contribution in [-0.4, -0.2) is 29.2 Å². The minimum atomic E-state index is -0.453. The maximum Gasteiger partial charge on any atom is 0.410 e. The van der Waals surface area contributed by atoms with Gasteiger partial charge in [-0.25, -0.2) is 4.79 Å². The topological polar surface area (TPSA) is 53.6 Å². The first-order valence-electron chi connectivity index (χ1n) is 6.85. The summed E-state index contributed by atoms with van der Waals surface area (Å²) >= 11 is 0. The van der Waals surface area contributed by atoms with E-state index >= 15 is 0 Å². The van der Waals surface area contributed by atoms with Gasteiger partial charge in [0.15, 0.2) is 0 Å². The second kappa shape index (κ2) is 5.55. The molecular formula is C14H23N3O2. The van der Waals surface area contributed by atoms with E-state index < -0.39 is 5.60 Å². The van der Waals surface area contributed by atoms with Gasteiger partial charge in [0.2, 0.25) is 0 Å². The molecule has 2 N–H and O–H groups in total. The minimum absolute atomic E-state index is 0.0704. The summed E-state index contributed by atoms with van der Waals surface area (Å²) in [5, 5.41) is 0. The van der Waals surface area contributed by atoms with Crippen molar-refractivity contribution < 1.29 is 9.53 Å². The van der Waals surface area contributed by atoms with Gasteiger partial charge in [0, 0.05) is 12.7 Å². The number of hydrazine groups is 1. The summed E-state index contributed by atoms with van der Waals surface area (Å²) in [7, 11) is 0. The normalized spacial score (nSPS) is 23.2. The van der Waals surface area contributed by atoms with Crippen molar-refractivity contribution >= 4 is 6.09 Å². The lowest BCUT2D eigenvalue weighted by atomic mass is 9.99. The highest BCUT2D eigenvalue weighted by Crippen LogP contribution is 2.24. The zero-order chi connectivity index (χ0) is 13.9. The minimum Gasteiger partial charge on any atom is -0.444 e. The fraction of sp³-hybridized carbons (Fsp3) is 0.643. The van der Waals surface area contributed by atoms with Crippen molar-refractivity contribution in [3.05, 3.63) is 24.0 Å². The van der Waals surface area contributed by atoms with Crippen molar-refractivity contribution in [2.24, 2.45) is 0 Å². The molecule has 0 aromatic rings. The van der Waals surface area contributed by atoms with Crippen LogP contribution in [0.25, 0.3) is 0 Å². The molecule has 2 heterocycles. The number of hydrogen-bond donors (Lipinski definition) is 2. The third-order valence-corrected chi connectivity index (χ3v) is 3.16. The van der Waals surface area contributed by atoms with Gasteiger partial charge >= 0.3 is 6.09 Å². The molecule has 5 heteroatoms. The number of nitrogens with one attached hydrogen (secondary N) is 2. The van der Waals surface area contributed by atoms with Gasteiger partial charge in [0.1, 0.15) is 5.60 Å². The van der Waals surface area contributed by atoms with Crippen molar-refractivity contribution in [2.75, 3.05) is 6.54 Å². The second-order valence-electron chi connectivity index (χ2n) is 5.94. The van der Waals surface area contributed by atoms with E-state index in [0.29, 0.717) is 0 Å². The molecule has 1 saturated heterocycles. The number of rotatable bonds is 1. The highest BCUT2D eigenvalue weighted by Gasteiger charge is 2.32. The van der Waals surface area contributed by atoms with Gasteiger partial charge in [-0.1, -0.05) is 0 Å². The van der Waals surface area contributed by atoms with Crippen LogP contribution in [0.15, 0.2) is 24.0 Å². The average Bonchev–Trinajstić information content (AvgIpc) is 2.38. The van der Waals surface area contributed by atoms with E-state index in [1.165, 1.54) is 0 Å². The van der Waals surface area contributed by atoms with E-state index in [-0.39, 0.29) is 12.1 Å². The number of allylic oxidation sites excluding steroid dienone is 2. The lowest BCUT2D eigenvalue weighted by molar-refractivity contribution is 0.0130. The average molecular weight is 265 g/mol. The van der Waals surface area contributed by atoms with Gasteiger partial charge in [-0.2, -0.15) is 0 Å². The van der Waals surface area contributed by atoms with Crippen LogP contribution in [0.4, 0.5) is 4.79 Å². The largest absolute Gasteiger partial charge is 0.444 e. The number of ether oxygens (including phenoxy) is 1.